The van der Waals surface area contributed by atoms with E-state index in [1.165, 1.54) is 12.8 Å². The quantitative estimate of drug-likeness (QED) is 0.742. The largest absolute Gasteiger partial charge is 0.487 e. The lowest BCUT2D eigenvalue weighted by molar-refractivity contribution is 0.344. The summed E-state index contributed by atoms with van der Waals surface area (Å²) in [7, 11) is 0. The van der Waals surface area contributed by atoms with Crippen LogP contribution in [0.25, 0.3) is 0 Å². The van der Waals surface area contributed by atoms with Gasteiger partial charge in [-0.3, -0.25) is 4.98 Å². The summed E-state index contributed by atoms with van der Waals surface area (Å²) in [6.45, 7) is 7.35. The molecule has 0 saturated heterocycles. The van der Waals surface area contributed by atoms with Crippen LogP contribution in [-0.4, -0.2) is 24.2 Å². The number of nitrogens with one attached hydrogen (secondary N) is 1. The van der Waals surface area contributed by atoms with Crippen LogP contribution in [0.3, 0.4) is 0 Å². The zero-order chi connectivity index (χ0) is 11.4. The Hall–Kier alpha value is -1.35. The Morgan fingerprint density at radius 1 is 1.62 bits per heavy atom. The molecule has 1 aliphatic carbocycles. The Bertz CT molecular complexity index is 372. The second kappa shape index (κ2) is 5.12. The lowest BCUT2D eigenvalue weighted by Gasteiger charge is -2.10. The van der Waals surface area contributed by atoms with Gasteiger partial charge < -0.3 is 10.1 Å². The van der Waals surface area contributed by atoms with Gasteiger partial charge in [0.15, 0.2) is 0 Å². The van der Waals surface area contributed by atoms with Crippen molar-refractivity contribution in [2.75, 3.05) is 13.2 Å². The first kappa shape index (κ1) is 11.1. The van der Waals surface area contributed by atoms with Gasteiger partial charge in [0.25, 0.3) is 0 Å². The van der Waals surface area contributed by atoms with Gasteiger partial charge in [0.05, 0.1) is 5.69 Å². The van der Waals surface area contributed by atoms with Gasteiger partial charge in [0, 0.05) is 18.8 Å². The first-order valence-electron chi connectivity index (χ1n) is 5.70. The van der Waals surface area contributed by atoms with Crippen LogP contribution in [0.4, 0.5) is 0 Å². The maximum atomic E-state index is 5.65. The molecule has 0 spiro atoms. The number of rotatable bonds is 6. The predicted molar refractivity (Wildman–Crippen MR) is 64.6 cm³/mol. The van der Waals surface area contributed by atoms with Gasteiger partial charge in [-0.05, 0) is 37.5 Å². The van der Waals surface area contributed by atoms with Crippen LogP contribution in [0.2, 0.25) is 0 Å². The third kappa shape index (κ3) is 3.35. The number of hydrogen-bond donors (Lipinski definition) is 1. The third-order valence-electron chi connectivity index (χ3n) is 2.61. The summed E-state index contributed by atoms with van der Waals surface area (Å²) in [6, 6.07) is 4.54. The molecule has 1 N–H and O–H groups in total. The van der Waals surface area contributed by atoms with E-state index >= 15 is 0 Å². The highest BCUT2D eigenvalue weighted by molar-refractivity contribution is 5.25. The summed E-state index contributed by atoms with van der Waals surface area (Å²) in [5.74, 6) is 0.843. The van der Waals surface area contributed by atoms with Crippen molar-refractivity contribution in [3.05, 3.63) is 36.2 Å². The minimum absolute atomic E-state index is 0.562. The molecule has 86 valence electrons. The molecule has 0 radical (unpaired) electrons. The molecule has 0 unspecified atom stereocenters. The van der Waals surface area contributed by atoms with Crippen molar-refractivity contribution in [3.63, 3.8) is 0 Å². The highest BCUT2D eigenvalue weighted by atomic mass is 16.5. The average molecular weight is 218 g/mol. The molecule has 1 aromatic rings. The number of hydrogen-bond acceptors (Lipinski definition) is 3. The minimum atomic E-state index is 0.562. The summed E-state index contributed by atoms with van der Waals surface area (Å²) in [5.41, 5.74) is 2.00. The van der Waals surface area contributed by atoms with Crippen LogP contribution in [0.1, 0.15) is 18.5 Å². The van der Waals surface area contributed by atoms with Crippen molar-refractivity contribution in [3.8, 4) is 5.75 Å². The van der Waals surface area contributed by atoms with E-state index in [4.69, 9.17) is 4.74 Å². The number of pyridine rings is 1. The van der Waals surface area contributed by atoms with Crippen molar-refractivity contribution >= 4 is 0 Å². The monoisotopic (exact) mass is 218 g/mol. The van der Waals surface area contributed by atoms with Crippen molar-refractivity contribution in [1.82, 2.24) is 10.3 Å². The van der Waals surface area contributed by atoms with Crippen LogP contribution >= 0.6 is 0 Å². The maximum Gasteiger partial charge on any atom is 0.140 e. The third-order valence-corrected chi connectivity index (χ3v) is 2.61. The van der Waals surface area contributed by atoms with E-state index in [1.807, 2.05) is 19.1 Å². The van der Waals surface area contributed by atoms with Gasteiger partial charge in [-0.1, -0.05) is 6.58 Å². The van der Waals surface area contributed by atoms with E-state index in [1.54, 1.807) is 6.20 Å². The van der Waals surface area contributed by atoms with E-state index in [0.717, 1.165) is 29.6 Å². The fourth-order valence-corrected chi connectivity index (χ4v) is 1.43. The fourth-order valence-electron chi connectivity index (χ4n) is 1.43. The Labute approximate surface area is 96.5 Å². The van der Waals surface area contributed by atoms with Crippen molar-refractivity contribution in [2.45, 2.75) is 25.8 Å². The SMILES string of the molecule is C=C(CNC1CC1)COc1cccnc1C. The van der Waals surface area contributed by atoms with E-state index < -0.39 is 0 Å². The van der Waals surface area contributed by atoms with Crippen LogP contribution < -0.4 is 10.1 Å². The van der Waals surface area contributed by atoms with Gasteiger partial charge in [-0.15, -0.1) is 0 Å². The minimum Gasteiger partial charge on any atom is -0.487 e. The molecule has 1 fully saturated rings. The number of ether oxygens (including phenoxy) is 1. The first-order chi connectivity index (χ1) is 7.75. The van der Waals surface area contributed by atoms with Crippen LogP contribution in [0, 0.1) is 6.92 Å². The molecule has 3 heteroatoms. The molecular formula is C13H18N2O. The molecule has 0 aromatic carbocycles. The summed E-state index contributed by atoms with van der Waals surface area (Å²) in [5, 5.41) is 3.41. The van der Waals surface area contributed by atoms with Gasteiger partial charge in [0.2, 0.25) is 0 Å². The second-order valence-corrected chi connectivity index (χ2v) is 4.28. The Morgan fingerprint density at radius 2 is 2.44 bits per heavy atom. The Balaban J connectivity index is 1.73. The molecule has 2 rings (SSSR count). The number of aromatic nitrogens is 1. The van der Waals surface area contributed by atoms with Gasteiger partial charge in [0.1, 0.15) is 12.4 Å². The second-order valence-electron chi connectivity index (χ2n) is 4.28. The highest BCUT2D eigenvalue weighted by Crippen LogP contribution is 2.19. The zero-order valence-electron chi connectivity index (χ0n) is 9.70. The zero-order valence-corrected chi connectivity index (χ0v) is 9.70. The predicted octanol–water partition coefficient (Wildman–Crippen LogP) is 2.08. The highest BCUT2D eigenvalue weighted by Gasteiger charge is 2.20. The van der Waals surface area contributed by atoms with Gasteiger partial charge in [-0.25, -0.2) is 0 Å². The molecule has 0 aliphatic heterocycles. The maximum absolute atomic E-state index is 5.65. The molecule has 0 atom stereocenters. The summed E-state index contributed by atoms with van der Waals surface area (Å²) in [4.78, 5) is 4.17. The van der Waals surface area contributed by atoms with E-state index in [0.29, 0.717) is 6.61 Å². The van der Waals surface area contributed by atoms with Crippen LogP contribution in [0.5, 0.6) is 5.75 Å². The molecule has 16 heavy (non-hydrogen) atoms. The molecule has 1 aromatic heterocycles. The lowest BCUT2D eigenvalue weighted by Crippen LogP contribution is -2.21. The summed E-state index contributed by atoms with van der Waals surface area (Å²) in [6.07, 6.45) is 4.37. The smallest absolute Gasteiger partial charge is 0.140 e. The Kier molecular flexibility index (Phi) is 3.57. The first-order valence-corrected chi connectivity index (χ1v) is 5.70. The molecular weight excluding hydrogens is 200 g/mol. The summed E-state index contributed by atoms with van der Waals surface area (Å²) < 4.78 is 5.65. The van der Waals surface area contributed by atoms with Crippen LogP contribution in [-0.2, 0) is 0 Å². The van der Waals surface area contributed by atoms with Crippen molar-refractivity contribution < 1.29 is 4.74 Å². The van der Waals surface area contributed by atoms with E-state index in [-0.39, 0.29) is 0 Å². The number of aryl methyl sites for hydroxylation is 1. The number of nitrogens with zero attached hydrogens (tertiary/aromatic N) is 1. The Morgan fingerprint density at radius 3 is 3.12 bits per heavy atom. The molecule has 3 nitrogen and oxygen atoms in total. The normalized spacial score (nSPS) is 14.8. The standard InChI is InChI=1S/C13H18N2O/c1-10(8-15-12-5-6-12)9-16-13-4-3-7-14-11(13)2/h3-4,7,12,15H,1,5-6,8-9H2,2H3. The van der Waals surface area contributed by atoms with Crippen molar-refractivity contribution in [2.24, 2.45) is 0 Å². The van der Waals surface area contributed by atoms with Gasteiger partial charge >= 0.3 is 0 Å². The molecule has 0 amide bonds. The summed E-state index contributed by atoms with van der Waals surface area (Å²) >= 11 is 0. The topological polar surface area (TPSA) is 34.1 Å². The van der Waals surface area contributed by atoms with E-state index in [2.05, 4.69) is 16.9 Å². The average Bonchev–Trinajstić information content (AvgIpc) is 3.09. The molecule has 0 bridgehead atoms. The molecule has 1 saturated carbocycles. The molecule has 1 aliphatic rings. The van der Waals surface area contributed by atoms with Crippen molar-refractivity contribution in [1.29, 1.82) is 0 Å². The molecule has 1 heterocycles. The fraction of sp³-hybridized carbons (Fsp3) is 0.462. The lowest BCUT2D eigenvalue weighted by atomic mass is 10.3. The van der Waals surface area contributed by atoms with Gasteiger partial charge in [-0.2, -0.15) is 0 Å². The van der Waals surface area contributed by atoms with E-state index in [9.17, 15) is 0 Å². The van der Waals surface area contributed by atoms with Crippen LogP contribution in [0.15, 0.2) is 30.5 Å².